The molecule has 0 aliphatic heterocycles. The van der Waals surface area contributed by atoms with Crippen molar-refractivity contribution in [3.63, 3.8) is 0 Å². The van der Waals surface area contributed by atoms with Gasteiger partial charge in [0.2, 0.25) is 0 Å². The van der Waals surface area contributed by atoms with Gasteiger partial charge in [0, 0.05) is 11.1 Å². The maximum atomic E-state index is 11.0. The molecule has 0 aliphatic rings. The summed E-state index contributed by atoms with van der Waals surface area (Å²) >= 11 is 0. The van der Waals surface area contributed by atoms with E-state index in [2.05, 4.69) is 66.7 Å². The first-order chi connectivity index (χ1) is 14.2. The number of hydroxylamine groups is 1. The van der Waals surface area contributed by atoms with E-state index in [1.165, 1.54) is 11.1 Å². The minimum atomic E-state index is 0.00691. The van der Waals surface area contributed by atoms with Crippen molar-refractivity contribution in [1.29, 1.82) is 0 Å². The smallest absolute Gasteiger partial charge is 0.159 e. The van der Waals surface area contributed by atoms with Crippen LogP contribution in [0.25, 0.3) is 0 Å². The van der Waals surface area contributed by atoms with Crippen LogP contribution in [0.2, 0.25) is 0 Å². The van der Waals surface area contributed by atoms with Crippen molar-refractivity contribution >= 4 is 12.0 Å². The number of hydrogen-bond acceptors (Lipinski definition) is 3. The Kier molecular flexibility index (Phi) is 8.11. The van der Waals surface area contributed by atoms with Gasteiger partial charge in [0.15, 0.2) is 5.75 Å². The molecule has 2 aromatic carbocycles. The van der Waals surface area contributed by atoms with Gasteiger partial charge in [-0.3, -0.25) is 4.79 Å². The number of nitrogens with zero attached hydrogens (tertiary/aromatic N) is 1. The first-order valence-electron chi connectivity index (χ1n) is 11.3. The average molecular weight is 410 g/mol. The molecule has 0 aliphatic carbocycles. The fraction of sp³-hybridized carbons (Fsp3) is 0.519. The molecule has 164 valence electrons. The van der Waals surface area contributed by atoms with Crippen molar-refractivity contribution < 1.29 is 9.63 Å². The Morgan fingerprint density at radius 3 is 2.07 bits per heavy atom. The molecule has 0 fully saturated rings. The molecule has 0 aromatic heterocycles. The van der Waals surface area contributed by atoms with E-state index in [0.717, 1.165) is 50.0 Å². The molecule has 30 heavy (non-hydrogen) atoms. The molecular formula is C27H39NO2. The maximum absolute atomic E-state index is 11.0. The van der Waals surface area contributed by atoms with Gasteiger partial charge in [0.05, 0.1) is 12.2 Å². The van der Waals surface area contributed by atoms with E-state index < -0.39 is 0 Å². The lowest BCUT2D eigenvalue weighted by Crippen LogP contribution is -2.30. The molecule has 0 atom stereocenters. The first kappa shape index (κ1) is 24.0. The van der Waals surface area contributed by atoms with Crippen LogP contribution in [0, 0.1) is 0 Å². The summed E-state index contributed by atoms with van der Waals surface area (Å²) < 4.78 is 0. The van der Waals surface area contributed by atoms with E-state index in [-0.39, 0.29) is 10.8 Å². The molecule has 0 radical (unpaired) electrons. The predicted octanol–water partition coefficient (Wildman–Crippen LogP) is 7.47. The molecule has 0 bridgehead atoms. The summed E-state index contributed by atoms with van der Waals surface area (Å²) in [6.45, 7) is 16.6. The highest BCUT2D eigenvalue weighted by Gasteiger charge is 2.27. The highest BCUT2D eigenvalue weighted by molar-refractivity contribution is 5.75. The van der Waals surface area contributed by atoms with Crippen molar-refractivity contribution in [3.05, 3.63) is 59.2 Å². The zero-order valence-corrected chi connectivity index (χ0v) is 19.9. The van der Waals surface area contributed by atoms with Gasteiger partial charge in [0.25, 0.3) is 0 Å². The van der Waals surface area contributed by atoms with Gasteiger partial charge in [-0.25, -0.2) is 5.06 Å². The van der Waals surface area contributed by atoms with E-state index in [4.69, 9.17) is 4.84 Å². The SMILES string of the molecule is CCCCN(Oc1ccc(C(C)(C)CC)cc1C(C)(C)CC)c1ccc(C=O)cc1. The van der Waals surface area contributed by atoms with Crippen LogP contribution >= 0.6 is 0 Å². The monoisotopic (exact) mass is 409 g/mol. The molecule has 0 N–H and O–H groups in total. The molecule has 0 heterocycles. The van der Waals surface area contributed by atoms with Crippen molar-refractivity contribution in [2.45, 2.75) is 85.0 Å². The van der Waals surface area contributed by atoms with Crippen LogP contribution in [0.4, 0.5) is 5.69 Å². The number of carbonyl (C=O) groups excluding carboxylic acids is 1. The molecule has 3 nitrogen and oxygen atoms in total. The van der Waals surface area contributed by atoms with Gasteiger partial charge in [-0.2, -0.15) is 0 Å². The van der Waals surface area contributed by atoms with Crippen molar-refractivity contribution in [2.75, 3.05) is 11.6 Å². The highest BCUT2D eigenvalue weighted by Crippen LogP contribution is 2.39. The Bertz CT molecular complexity index is 821. The van der Waals surface area contributed by atoms with Gasteiger partial charge < -0.3 is 4.84 Å². The van der Waals surface area contributed by atoms with E-state index in [9.17, 15) is 4.79 Å². The number of unbranched alkanes of at least 4 members (excludes halogenated alkanes) is 1. The Morgan fingerprint density at radius 2 is 1.53 bits per heavy atom. The Morgan fingerprint density at radius 1 is 0.900 bits per heavy atom. The zero-order chi connectivity index (χ0) is 22.4. The third kappa shape index (κ3) is 5.65. The average Bonchev–Trinajstić information content (AvgIpc) is 2.76. The molecule has 2 aromatic rings. The summed E-state index contributed by atoms with van der Waals surface area (Å²) in [7, 11) is 0. The minimum absolute atomic E-state index is 0.00691. The second kappa shape index (κ2) is 10.1. The normalized spacial score (nSPS) is 12.0. The van der Waals surface area contributed by atoms with Crippen molar-refractivity contribution in [1.82, 2.24) is 0 Å². The fourth-order valence-electron chi connectivity index (χ4n) is 3.32. The van der Waals surface area contributed by atoms with Crippen LogP contribution in [0.5, 0.6) is 5.75 Å². The Balaban J connectivity index is 2.48. The first-order valence-corrected chi connectivity index (χ1v) is 11.3. The predicted molar refractivity (Wildman–Crippen MR) is 128 cm³/mol. The van der Waals surface area contributed by atoms with Gasteiger partial charge in [-0.15, -0.1) is 0 Å². The van der Waals surface area contributed by atoms with E-state index in [0.29, 0.717) is 5.56 Å². The van der Waals surface area contributed by atoms with Gasteiger partial charge in [-0.05, 0) is 66.0 Å². The van der Waals surface area contributed by atoms with Gasteiger partial charge >= 0.3 is 0 Å². The maximum Gasteiger partial charge on any atom is 0.159 e. The topological polar surface area (TPSA) is 29.5 Å². The highest BCUT2D eigenvalue weighted by atomic mass is 16.7. The van der Waals surface area contributed by atoms with Gasteiger partial charge in [0.1, 0.15) is 6.29 Å². The van der Waals surface area contributed by atoms with Gasteiger partial charge in [-0.1, -0.05) is 67.0 Å². The molecule has 3 heteroatoms. The number of carbonyl (C=O) groups is 1. The summed E-state index contributed by atoms with van der Waals surface area (Å²) in [4.78, 5) is 17.6. The second-order valence-corrected chi connectivity index (χ2v) is 9.44. The van der Waals surface area contributed by atoms with Crippen LogP contribution in [0.3, 0.4) is 0 Å². The second-order valence-electron chi connectivity index (χ2n) is 9.44. The van der Waals surface area contributed by atoms with Crippen LogP contribution in [0.1, 0.15) is 95.6 Å². The van der Waals surface area contributed by atoms with Crippen LogP contribution in [-0.4, -0.2) is 12.8 Å². The number of aldehydes is 1. The van der Waals surface area contributed by atoms with Crippen LogP contribution < -0.4 is 9.90 Å². The van der Waals surface area contributed by atoms with Crippen LogP contribution in [-0.2, 0) is 10.8 Å². The quantitative estimate of drug-likeness (QED) is 0.285. The summed E-state index contributed by atoms with van der Waals surface area (Å²) in [5.74, 6) is 0.910. The van der Waals surface area contributed by atoms with Crippen LogP contribution in [0.15, 0.2) is 42.5 Å². The molecular weight excluding hydrogens is 370 g/mol. The molecule has 0 unspecified atom stereocenters. The van der Waals surface area contributed by atoms with E-state index >= 15 is 0 Å². The molecule has 0 amide bonds. The Labute approximate surface area is 183 Å². The fourth-order valence-corrected chi connectivity index (χ4v) is 3.32. The zero-order valence-electron chi connectivity index (χ0n) is 19.9. The summed E-state index contributed by atoms with van der Waals surface area (Å²) in [5.41, 5.74) is 4.37. The molecule has 0 saturated carbocycles. The van der Waals surface area contributed by atoms with E-state index in [1.807, 2.05) is 29.3 Å². The lowest BCUT2D eigenvalue weighted by atomic mass is 9.76. The lowest BCUT2D eigenvalue weighted by Gasteiger charge is -2.32. The van der Waals surface area contributed by atoms with E-state index in [1.54, 1.807) is 0 Å². The number of rotatable bonds is 11. The third-order valence-corrected chi connectivity index (χ3v) is 6.50. The van der Waals surface area contributed by atoms with Crippen molar-refractivity contribution in [3.8, 4) is 5.75 Å². The Hall–Kier alpha value is -2.29. The number of hydrogen-bond donors (Lipinski definition) is 0. The molecule has 0 spiro atoms. The molecule has 2 rings (SSSR count). The number of anilines is 1. The summed E-state index contributed by atoms with van der Waals surface area (Å²) in [6.07, 6.45) is 5.11. The summed E-state index contributed by atoms with van der Waals surface area (Å²) in [6, 6.07) is 14.3. The molecule has 0 saturated heterocycles. The third-order valence-electron chi connectivity index (χ3n) is 6.50. The standard InChI is InChI=1S/C27H39NO2/c1-8-11-18-28(23-15-12-21(20-29)13-16-23)30-25-17-14-22(26(4,5)9-2)19-24(25)27(6,7)10-3/h12-17,19-20H,8-11,18H2,1-7H3. The van der Waals surface area contributed by atoms with Crippen molar-refractivity contribution in [2.24, 2.45) is 0 Å². The largest absolute Gasteiger partial charge is 0.379 e. The minimum Gasteiger partial charge on any atom is -0.379 e. The lowest BCUT2D eigenvalue weighted by molar-refractivity contribution is 0.112. The number of benzene rings is 2. The summed E-state index contributed by atoms with van der Waals surface area (Å²) in [5, 5.41) is 1.97.